The number of nitrogens with zero attached hydrogens (tertiary/aromatic N) is 3. The van der Waals surface area contributed by atoms with Gasteiger partial charge in [0.2, 0.25) is 0 Å². The number of pyridine rings is 1. The molecule has 1 aliphatic rings. The molecule has 0 aliphatic carbocycles. The van der Waals surface area contributed by atoms with E-state index in [1.54, 1.807) is 54.5 Å². The van der Waals surface area contributed by atoms with Gasteiger partial charge in [0, 0.05) is 29.8 Å². The van der Waals surface area contributed by atoms with Gasteiger partial charge in [-0.05, 0) is 49.4 Å². The zero-order valence-electron chi connectivity index (χ0n) is 17.1. The second kappa shape index (κ2) is 7.99. The van der Waals surface area contributed by atoms with E-state index < -0.39 is 6.10 Å². The van der Waals surface area contributed by atoms with Crippen molar-refractivity contribution in [3.8, 4) is 22.7 Å². The van der Waals surface area contributed by atoms with E-state index >= 15 is 0 Å². The maximum atomic E-state index is 13.2. The number of nitrogens with one attached hydrogen (secondary N) is 2. The van der Waals surface area contributed by atoms with Crippen molar-refractivity contribution in [3.63, 3.8) is 0 Å². The third-order valence-electron chi connectivity index (χ3n) is 5.08. The Kier molecular flexibility index (Phi) is 4.87. The highest BCUT2D eigenvalue weighted by Crippen LogP contribution is 2.32. The van der Waals surface area contributed by atoms with Gasteiger partial charge in [0.05, 0.1) is 16.9 Å². The molecule has 0 fully saturated rings. The predicted molar refractivity (Wildman–Crippen MR) is 120 cm³/mol. The molecule has 2 aromatic heterocycles. The molecular weight excluding hydrogens is 406 g/mol. The number of hydrogen-bond acceptors (Lipinski definition) is 5. The lowest BCUT2D eigenvalue weighted by Gasteiger charge is -2.23. The van der Waals surface area contributed by atoms with Gasteiger partial charge in [-0.2, -0.15) is 5.10 Å². The van der Waals surface area contributed by atoms with Gasteiger partial charge in [0.15, 0.2) is 6.10 Å². The highest BCUT2D eigenvalue weighted by atomic mass is 16.5. The number of benzene rings is 2. The second-order valence-electron chi connectivity index (χ2n) is 7.33. The molecule has 2 N–H and O–H groups in total. The van der Waals surface area contributed by atoms with Crippen LogP contribution < -0.4 is 15.4 Å². The molecule has 0 saturated carbocycles. The first-order valence-electron chi connectivity index (χ1n) is 10.1. The first kappa shape index (κ1) is 19.5. The summed E-state index contributed by atoms with van der Waals surface area (Å²) in [6.07, 6.45) is 4.47. The van der Waals surface area contributed by atoms with Crippen molar-refractivity contribution in [3.05, 3.63) is 84.8 Å². The smallest absolute Gasteiger partial charge is 0.265 e. The first-order chi connectivity index (χ1) is 15.6. The Labute approximate surface area is 183 Å². The molecule has 0 saturated heterocycles. The first-order valence-corrected chi connectivity index (χ1v) is 10.1. The molecule has 0 bridgehead atoms. The lowest BCUT2D eigenvalue weighted by Crippen LogP contribution is -2.34. The van der Waals surface area contributed by atoms with Gasteiger partial charge in [0.25, 0.3) is 11.8 Å². The Morgan fingerprint density at radius 2 is 1.97 bits per heavy atom. The van der Waals surface area contributed by atoms with Crippen LogP contribution in [0.3, 0.4) is 0 Å². The number of aromatic nitrogens is 3. The predicted octanol–water partition coefficient (Wildman–Crippen LogP) is 3.91. The van der Waals surface area contributed by atoms with Gasteiger partial charge in [-0.15, -0.1) is 0 Å². The molecule has 2 aromatic carbocycles. The van der Waals surface area contributed by atoms with Crippen LogP contribution in [0.5, 0.6) is 5.75 Å². The standard InChI is InChI=1S/C24H19N5O3/c1-15-23(30)27-20-12-17(9-10-21(20)32-15)26-24(31)19-14-29(18-7-3-2-4-8-18)28-22(19)16-6-5-11-25-13-16/h2-15H,1H3,(H,26,31)(H,27,30)/t15-/m1/s1. The van der Waals surface area contributed by atoms with Gasteiger partial charge in [-0.25, -0.2) is 4.68 Å². The molecule has 8 nitrogen and oxygen atoms in total. The lowest BCUT2D eigenvalue weighted by molar-refractivity contribution is -0.122. The maximum absolute atomic E-state index is 13.2. The van der Waals surface area contributed by atoms with Crippen molar-refractivity contribution in [1.82, 2.24) is 14.8 Å². The van der Waals surface area contributed by atoms with Crippen LogP contribution in [0.1, 0.15) is 17.3 Å². The molecule has 32 heavy (non-hydrogen) atoms. The minimum absolute atomic E-state index is 0.232. The molecule has 5 rings (SSSR count). The molecule has 8 heteroatoms. The van der Waals surface area contributed by atoms with E-state index in [4.69, 9.17) is 4.74 Å². The Balaban J connectivity index is 1.49. The summed E-state index contributed by atoms with van der Waals surface area (Å²) in [6, 6.07) is 18.3. The van der Waals surface area contributed by atoms with E-state index in [0.717, 1.165) is 11.3 Å². The summed E-state index contributed by atoms with van der Waals surface area (Å²) in [5.41, 5.74) is 3.51. The highest BCUT2D eigenvalue weighted by Gasteiger charge is 2.24. The van der Waals surface area contributed by atoms with Crippen molar-refractivity contribution in [2.75, 3.05) is 10.6 Å². The number of hydrogen-bond donors (Lipinski definition) is 2. The third-order valence-corrected chi connectivity index (χ3v) is 5.08. The van der Waals surface area contributed by atoms with Gasteiger partial charge in [0.1, 0.15) is 11.4 Å². The number of para-hydroxylation sites is 1. The minimum atomic E-state index is -0.561. The lowest BCUT2D eigenvalue weighted by atomic mass is 10.1. The molecule has 0 spiro atoms. The molecule has 0 radical (unpaired) electrons. The van der Waals surface area contributed by atoms with Crippen LogP contribution in [-0.2, 0) is 4.79 Å². The van der Waals surface area contributed by atoms with Crippen LogP contribution in [0.4, 0.5) is 11.4 Å². The normalized spacial score (nSPS) is 14.8. The molecular formula is C24H19N5O3. The average molecular weight is 425 g/mol. The van der Waals surface area contributed by atoms with Crippen LogP contribution in [0.15, 0.2) is 79.3 Å². The number of carbonyl (C=O) groups is 2. The van der Waals surface area contributed by atoms with Crippen LogP contribution in [0, 0.1) is 0 Å². The number of carbonyl (C=O) groups excluding carboxylic acids is 2. The fraction of sp³-hybridized carbons (Fsp3) is 0.0833. The van der Waals surface area contributed by atoms with Crippen molar-refractivity contribution < 1.29 is 14.3 Å². The zero-order valence-corrected chi connectivity index (χ0v) is 17.1. The van der Waals surface area contributed by atoms with Crippen LogP contribution in [-0.4, -0.2) is 32.7 Å². The summed E-state index contributed by atoms with van der Waals surface area (Å²) < 4.78 is 7.24. The molecule has 2 amide bonds. The highest BCUT2D eigenvalue weighted by molar-refractivity contribution is 6.08. The summed E-state index contributed by atoms with van der Waals surface area (Å²) in [4.78, 5) is 29.3. The van der Waals surface area contributed by atoms with E-state index in [1.807, 2.05) is 36.4 Å². The quantitative estimate of drug-likeness (QED) is 0.517. The van der Waals surface area contributed by atoms with Crippen molar-refractivity contribution in [2.45, 2.75) is 13.0 Å². The Morgan fingerprint density at radius 1 is 1.12 bits per heavy atom. The fourth-order valence-electron chi connectivity index (χ4n) is 3.45. The molecule has 0 unspecified atom stereocenters. The van der Waals surface area contributed by atoms with E-state index in [2.05, 4.69) is 20.7 Å². The number of amides is 2. The van der Waals surface area contributed by atoms with E-state index in [-0.39, 0.29) is 11.8 Å². The Morgan fingerprint density at radius 3 is 2.75 bits per heavy atom. The summed E-state index contributed by atoms with van der Waals surface area (Å²) >= 11 is 0. The van der Waals surface area contributed by atoms with Crippen molar-refractivity contribution in [1.29, 1.82) is 0 Å². The van der Waals surface area contributed by atoms with Gasteiger partial charge in [-0.3, -0.25) is 14.6 Å². The SMILES string of the molecule is C[C@H]1Oc2ccc(NC(=O)c3cn(-c4ccccc4)nc3-c3cccnc3)cc2NC1=O. The Bertz CT molecular complexity index is 1300. The van der Waals surface area contributed by atoms with Crippen molar-refractivity contribution >= 4 is 23.2 Å². The van der Waals surface area contributed by atoms with Crippen LogP contribution in [0.25, 0.3) is 16.9 Å². The monoisotopic (exact) mass is 425 g/mol. The third kappa shape index (κ3) is 3.69. The Hall–Kier alpha value is -4.46. The summed E-state index contributed by atoms with van der Waals surface area (Å²) in [5, 5.41) is 10.3. The summed E-state index contributed by atoms with van der Waals surface area (Å²) in [7, 11) is 0. The fourth-order valence-corrected chi connectivity index (χ4v) is 3.45. The topological polar surface area (TPSA) is 98.1 Å². The van der Waals surface area contributed by atoms with E-state index in [1.165, 1.54) is 0 Å². The number of ether oxygens (including phenoxy) is 1. The molecule has 3 heterocycles. The summed E-state index contributed by atoms with van der Waals surface area (Å²) in [5.74, 6) is -0.00516. The van der Waals surface area contributed by atoms with Crippen LogP contribution >= 0.6 is 0 Å². The second-order valence-corrected chi connectivity index (χ2v) is 7.33. The largest absolute Gasteiger partial charge is 0.479 e. The number of anilines is 2. The maximum Gasteiger partial charge on any atom is 0.265 e. The average Bonchev–Trinajstić information content (AvgIpc) is 3.27. The molecule has 1 aliphatic heterocycles. The summed E-state index contributed by atoms with van der Waals surface area (Å²) in [6.45, 7) is 1.68. The zero-order chi connectivity index (χ0) is 22.1. The van der Waals surface area contributed by atoms with Gasteiger partial charge in [-0.1, -0.05) is 18.2 Å². The minimum Gasteiger partial charge on any atom is -0.479 e. The molecule has 1 atom stereocenters. The van der Waals surface area contributed by atoms with Gasteiger partial charge < -0.3 is 15.4 Å². The molecule has 4 aromatic rings. The van der Waals surface area contributed by atoms with E-state index in [9.17, 15) is 9.59 Å². The number of fused-ring (bicyclic) bond motifs is 1. The van der Waals surface area contributed by atoms with Crippen molar-refractivity contribution in [2.24, 2.45) is 0 Å². The van der Waals surface area contributed by atoms with Crippen LogP contribution in [0.2, 0.25) is 0 Å². The van der Waals surface area contributed by atoms with E-state index in [0.29, 0.717) is 28.4 Å². The van der Waals surface area contributed by atoms with Gasteiger partial charge >= 0.3 is 0 Å². The number of rotatable bonds is 4. The molecule has 158 valence electrons.